The third-order valence-corrected chi connectivity index (χ3v) is 2.77. The van der Waals surface area contributed by atoms with Crippen molar-refractivity contribution in [1.82, 2.24) is 0 Å². The molecule has 1 aromatic carbocycles. The maximum absolute atomic E-state index is 5.83. The summed E-state index contributed by atoms with van der Waals surface area (Å²) in [5.41, 5.74) is 7.78. The van der Waals surface area contributed by atoms with Gasteiger partial charge < -0.3 is 15.2 Å². The number of fused-ring (bicyclic) bond motifs is 1. The van der Waals surface area contributed by atoms with Crippen molar-refractivity contribution in [3.63, 3.8) is 0 Å². The first-order valence-electron chi connectivity index (χ1n) is 5.04. The molecule has 2 N–H and O–H groups in total. The molecule has 1 aromatic rings. The quantitative estimate of drug-likeness (QED) is 0.690. The molecule has 3 nitrogen and oxygen atoms in total. The molecule has 0 radical (unpaired) electrons. The molecule has 1 saturated carbocycles. The van der Waals surface area contributed by atoms with Gasteiger partial charge >= 0.3 is 0 Å². The van der Waals surface area contributed by atoms with Crippen LogP contribution in [-0.4, -0.2) is 13.2 Å². The zero-order valence-corrected chi connectivity index (χ0v) is 7.95. The van der Waals surface area contributed by atoms with Gasteiger partial charge in [-0.05, 0) is 24.8 Å². The summed E-state index contributed by atoms with van der Waals surface area (Å²) in [5.74, 6) is 2.31. The van der Waals surface area contributed by atoms with Crippen molar-refractivity contribution in [2.24, 2.45) is 0 Å². The van der Waals surface area contributed by atoms with E-state index in [1.54, 1.807) is 0 Å². The summed E-state index contributed by atoms with van der Waals surface area (Å²) in [6.45, 7) is 1.24. The van der Waals surface area contributed by atoms with Gasteiger partial charge in [0.1, 0.15) is 13.2 Å². The number of nitrogens with two attached hydrogens (primary N) is 1. The molecule has 14 heavy (non-hydrogen) atoms. The smallest absolute Gasteiger partial charge is 0.184 e. The highest BCUT2D eigenvalue weighted by Crippen LogP contribution is 2.49. The number of benzene rings is 1. The summed E-state index contributed by atoms with van der Waals surface area (Å²) < 4.78 is 11.2. The molecule has 1 aliphatic carbocycles. The lowest BCUT2D eigenvalue weighted by molar-refractivity contribution is 0.171. The summed E-state index contributed by atoms with van der Waals surface area (Å²) in [4.78, 5) is 0. The second-order valence-electron chi connectivity index (χ2n) is 3.87. The van der Waals surface area contributed by atoms with Crippen LogP contribution >= 0.6 is 0 Å². The van der Waals surface area contributed by atoms with Gasteiger partial charge in [-0.15, -0.1) is 0 Å². The summed E-state index contributed by atoms with van der Waals surface area (Å²) in [5, 5.41) is 0. The molecule has 0 unspecified atom stereocenters. The molecule has 0 aromatic heterocycles. The highest BCUT2D eigenvalue weighted by molar-refractivity contribution is 5.64. The second kappa shape index (κ2) is 2.80. The van der Waals surface area contributed by atoms with Crippen LogP contribution in [0.4, 0.5) is 5.69 Å². The van der Waals surface area contributed by atoms with E-state index in [2.05, 4.69) is 6.07 Å². The normalized spacial score (nSPS) is 19.4. The number of ether oxygens (including phenoxy) is 2. The Morgan fingerprint density at radius 3 is 2.50 bits per heavy atom. The molecular weight excluding hydrogens is 178 g/mol. The van der Waals surface area contributed by atoms with Crippen LogP contribution < -0.4 is 15.2 Å². The van der Waals surface area contributed by atoms with Gasteiger partial charge in [-0.3, -0.25) is 0 Å². The van der Waals surface area contributed by atoms with Crippen LogP contribution in [0.25, 0.3) is 0 Å². The van der Waals surface area contributed by atoms with E-state index >= 15 is 0 Å². The van der Waals surface area contributed by atoms with Crippen LogP contribution in [0.3, 0.4) is 0 Å². The number of hydrogen-bond donors (Lipinski definition) is 1. The van der Waals surface area contributed by atoms with E-state index in [0.29, 0.717) is 24.8 Å². The van der Waals surface area contributed by atoms with Crippen molar-refractivity contribution < 1.29 is 9.47 Å². The summed E-state index contributed by atoms with van der Waals surface area (Å²) in [7, 11) is 0. The van der Waals surface area contributed by atoms with Gasteiger partial charge in [0.15, 0.2) is 11.5 Å². The van der Waals surface area contributed by atoms with E-state index in [1.807, 2.05) is 6.07 Å². The maximum Gasteiger partial charge on any atom is 0.184 e. The van der Waals surface area contributed by atoms with Gasteiger partial charge in [-0.1, -0.05) is 6.07 Å². The summed E-state index contributed by atoms with van der Waals surface area (Å²) >= 11 is 0. The van der Waals surface area contributed by atoms with Crippen molar-refractivity contribution in [2.45, 2.75) is 18.8 Å². The number of nitrogen functional groups attached to an aromatic ring is 1. The van der Waals surface area contributed by atoms with Gasteiger partial charge in [-0.2, -0.15) is 0 Å². The van der Waals surface area contributed by atoms with Crippen molar-refractivity contribution >= 4 is 5.69 Å². The summed E-state index contributed by atoms with van der Waals surface area (Å²) in [6, 6.07) is 3.99. The molecule has 3 rings (SSSR count). The van der Waals surface area contributed by atoms with Crippen LogP contribution in [0.15, 0.2) is 12.1 Å². The highest BCUT2D eigenvalue weighted by Gasteiger charge is 2.30. The standard InChI is InChI=1S/C11H13NO2/c12-9-4-3-8(7-1-2-7)10-11(9)14-6-5-13-10/h3-4,7H,1-2,5-6,12H2. The second-order valence-corrected chi connectivity index (χ2v) is 3.87. The first kappa shape index (κ1) is 7.97. The SMILES string of the molecule is Nc1ccc(C2CC2)c2c1OCCO2. The molecule has 0 bridgehead atoms. The third-order valence-electron chi connectivity index (χ3n) is 2.77. The van der Waals surface area contributed by atoms with Crippen LogP contribution in [-0.2, 0) is 0 Å². The maximum atomic E-state index is 5.83. The van der Waals surface area contributed by atoms with Gasteiger partial charge in [0.2, 0.25) is 0 Å². The van der Waals surface area contributed by atoms with E-state index in [1.165, 1.54) is 18.4 Å². The zero-order chi connectivity index (χ0) is 9.54. The van der Waals surface area contributed by atoms with Crippen LogP contribution in [0.1, 0.15) is 24.3 Å². The predicted octanol–water partition coefficient (Wildman–Crippen LogP) is 1.92. The van der Waals surface area contributed by atoms with Crippen LogP contribution in [0, 0.1) is 0 Å². The fourth-order valence-electron chi connectivity index (χ4n) is 1.89. The predicted molar refractivity (Wildman–Crippen MR) is 53.8 cm³/mol. The van der Waals surface area contributed by atoms with Crippen LogP contribution in [0.5, 0.6) is 11.5 Å². The molecule has 1 fully saturated rings. The van der Waals surface area contributed by atoms with E-state index < -0.39 is 0 Å². The lowest BCUT2D eigenvalue weighted by atomic mass is 10.1. The Hall–Kier alpha value is -1.38. The molecule has 0 atom stereocenters. The van der Waals surface area contributed by atoms with E-state index in [-0.39, 0.29) is 0 Å². The Labute approximate surface area is 82.8 Å². The van der Waals surface area contributed by atoms with E-state index in [9.17, 15) is 0 Å². The van der Waals surface area contributed by atoms with Gasteiger partial charge in [-0.25, -0.2) is 0 Å². The first-order chi connectivity index (χ1) is 6.86. The minimum atomic E-state index is 0.602. The molecule has 0 spiro atoms. The third kappa shape index (κ3) is 1.12. The Kier molecular flexibility index (Phi) is 1.60. The van der Waals surface area contributed by atoms with Gasteiger partial charge in [0.05, 0.1) is 5.69 Å². The number of anilines is 1. The highest BCUT2D eigenvalue weighted by atomic mass is 16.6. The molecule has 2 aliphatic rings. The average Bonchev–Trinajstić information content (AvgIpc) is 3.03. The molecule has 3 heteroatoms. The van der Waals surface area contributed by atoms with Crippen molar-refractivity contribution in [2.75, 3.05) is 18.9 Å². The molecule has 1 heterocycles. The Balaban J connectivity index is 2.12. The van der Waals surface area contributed by atoms with Crippen molar-refractivity contribution in [1.29, 1.82) is 0 Å². The molecular formula is C11H13NO2. The van der Waals surface area contributed by atoms with Gasteiger partial charge in [0.25, 0.3) is 0 Å². The Bertz CT molecular complexity index is 372. The van der Waals surface area contributed by atoms with E-state index in [4.69, 9.17) is 15.2 Å². The van der Waals surface area contributed by atoms with Gasteiger partial charge in [0, 0.05) is 5.56 Å². The van der Waals surface area contributed by atoms with Crippen molar-refractivity contribution in [3.8, 4) is 11.5 Å². The number of hydrogen-bond acceptors (Lipinski definition) is 3. The lowest BCUT2D eigenvalue weighted by Gasteiger charge is -2.22. The monoisotopic (exact) mass is 191 g/mol. The minimum absolute atomic E-state index is 0.602. The lowest BCUT2D eigenvalue weighted by Crippen LogP contribution is -2.17. The van der Waals surface area contributed by atoms with Crippen LogP contribution in [0.2, 0.25) is 0 Å². The molecule has 0 amide bonds. The fourth-order valence-corrected chi connectivity index (χ4v) is 1.89. The minimum Gasteiger partial charge on any atom is -0.486 e. The Morgan fingerprint density at radius 2 is 1.79 bits per heavy atom. The molecule has 1 aliphatic heterocycles. The van der Waals surface area contributed by atoms with E-state index in [0.717, 1.165) is 11.5 Å². The average molecular weight is 191 g/mol. The Morgan fingerprint density at radius 1 is 1.07 bits per heavy atom. The largest absolute Gasteiger partial charge is 0.486 e. The number of rotatable bonds is 1. The first-order valence-corrected chi connectivity index (χ1v) is 5.04. The summed E-state index contributed by atoms with van der Waals surface area (Å²) in [6.07, 6.45) is 2.53. The van der Waals surface area contributed by atoms with Crippen molar-refractivity contribution in [3.05, 3.63) is 17.7 Å². The molecule has 74 valence electrons. The fraction of sp³-hybridized carbons (Fsp3) is 0.455. The topological polar surface area (TPSA) is 44.5 Å². The molecule has 0 saturated heterocycles. The zero-order valence-electron chi connectivity index (χ0n) is 7.95.